The van der Waals surface area contributed by atoms with Gasteiger partial charge in [-0.05, 0) is 76.3 Å². The number of aliphatic carboxylic acids is 3. The number of nitrogens with two attached hydrogens (primary N) is 3. The highest BCUT2D eigenvalue weighted by Gasteiger charge is 2.37. The summed E-state index contributed by atoms with van der Waals surface area (Å²) in [7, 11) is 0. The van der Waals surface area contributed by atoms with Crippen molar-refractivity contribution >= 4 is 144 Å². The summed E-state index contributed by atoms with van der Waals surface area (Å²) in [6, 6.07) is -18.2. The number of thioether (sulfide) groups is 1. The van der Waals surface area contributed by atoms with Gasteiger partial charge in [0.1, 0.15) is 66.5 Å². The van der Waals surface area contributed by atoms with Crippen LogP contribution in [0.5, 0.6) is 0 Å². The molecule has 0 saturated carbocycles. The van der Waals surface area contributed by atoms with Crippen LogP contribution in [0.25, 0.3) is 0 Å². The lowest BCUT2D eigenvalue weighted by Crippen LogP contribution is -2.62. The summed E-state index contributed by atoms with van der Waals surface area (Å²) >= 11 is 9.23. The number of aliphatic hydroxyl groups is 2. The molecule has 0 bridgehead atoms. The number of rotatable bonds is 49. The molecular formula is C54H90N16O23S3. The molecule has 542 valence electrons. The number of primary amides is 2. The predicted octanol–water partition coefficient (Wildman–Crippen LogP) is -9.70. The molecule has 0 rings (SSSR count). The SMILES string of the molecule is CSCCC(NC(=O)CNC(=O)C(CCC(=O)O)NC(=O)[C@H](CO)NC(=O)[C@@H](NC(=O)[C@H](CCCCN)NC(=O)C(CC(N)=O)NC(=O)[C@H](CS)NC(C)=O)[C@@H](C)O)C(=O)N[C@@H](CC(=O)O)C(=O)NCC(=O)N[C@@H](CS)C(=O)NC(CCC(=O)O)C(=O)N[C@@H](CC(C)C)C(N)=O. The fourth-order valence-electron chi connectivity index (χ4n) is 8.31. The maximum Gasteiger partial charge on any atom is 0.305 e. The second-order valence-corrected chi connectivity index (χ2v) is 23.6. The summed E-state index contributed by atoms with van der Waals surface area (Å²) in [6.07, 6.45) is -4.45. The maximum absolute atomic E-state index is 13.8. The normalized spacial score (nSPS) is 14.7. The number of carboxylic acids is 3. The van der Waals surface area contributed by atoms with Gasteiger partial charge in [-0.15, -0.1) is 0 Å². The molecular weight excluding hydrogens is 1340 g/mol. The first-order chi connectivity index (χ1) is 44.9. The fourth-order valence-corrected chi connectivity index (χ4v) is 9.29. The number of carbonyl (C=O) groups is 18. The molecule has 24 N–H and O–H groups in total. The zero-order valence-corrected chi connectivity index (χ0v) is 56.0. The monoisotopic (exact) mass is 1430 g/mol. The van der Waals surface area contributed by atoms with Crippen LogP contribution < -0.4 is 86.3 Å². The number of nitrogens with one attached hydrogen (secondary N) is 13. The number of amides is 15. The van der Waals surface area contributed by atoms with E-state index in [9.17, 15) is 112 Å². The minimum atomic E-state index is -2.01. The molecule has 0 aromatic heterocycles. The highest BCUT2D eigenvalue weighted by Crippen LogP contribution is 2.10. The van der Waals surface area contributed by atoms with Gasteiger partial charge in [-0.3, -0.25) is 86.3 Å². The molecule has 96 heavy (non-hydrogen) atoms. The molecule has 0 aliphatic rings. The Morgan fingerprint density at radius 1 is 0.448 bits per heavy atom. The number of hydrogen-bond acceptors (Lipinski definition) is 24. The zero-order chi connectivity index (χ0) is 73.5. The first-order valence-corrected chi connectivity index (χ1v) is 32.4. The minimum absolute atomic E-state index is 0.104. The van der Waals surface area contributed by atoms with Gasteiger partial charge in [0.2, 0.25) is 88.6 Å². The average molecular weight is 1430 g/mol. The Bertz CT molecular complexity index is 2750. The number of hydrogen-bond donors (Lipinski definition) is 23. The van der Waals surface area contributed by atoms with E-state index in [-0.39, 0.29) is 49.7 Å². The number of carbonyl (C=O) groups excluding carboxylic acids is 15. The summed E-state index contributed by atoms with van der Waals surface area (Å²) in [6.45, 7) is 2.54. The van der Waals surface area contributed by atoms with Crippen LogP contribution in [-0.4, -0.2) is 254 Å². The van der Waals surface area contributed by atoms with E-state index in [0.717, 1.165) is 13.8 Å². The Morgan fingerprint density at radius 3 is 1.25 bits per heavy atom. The van der Waals surface area contributed by atoms with Gasteiger partial charge < -0.3 is 112 Å². The topological polar surface area (TPSA) is 643 Å². The molecule has 0 heterocycles. The Kier molecular flexibility index (Phi) is 42.3. The Morgan fingerprint density at radius 2 is 0.833 bits per heavy atom. The van der Waals surface area contributed by atoms with Gasteiger partial charge >= 0.3 is 17.9 Å². The van der Waals surface area contributed by atoms with Gasteiger partial charge in [0.15, 0.2) is 0 Å². The second-order valence-electron chi connectivity index (χ2n) is 21.9. The Hall–Kier alpha value is -8.61. The van der Waals surface area contributed by atoms with Crippen molar-refractivity contribution in [3.63, 3.8) is 0 Å². The van der Waals surface area contributed by atoms with E-state index >= 15 is 0 Å². The molecule has 0 fully saturated rings. The van der Waals surface area contributed by atoms with E-state index in [1.54, 1.807) is 20.1 Å². The van der Waals surface area contributed by atoms with Crippen molar-refractivity contribution in [2.45, 2.75) is 171 Å². The first kappa shape index (κ1) is 87.4. The van der Waals surface area contributed by atoms with E-state index in [1.807, 2.05) is 0 Å². The summed E-state index contributed by atoms with van der Waals surface area (Å²) in [5, 5.41) is 78.1. The molecule has 12 atom stereocenters. The van der Waals surface area contributed by atoms with Crippen molar-refractivity contribution in [3.8, 4) is 0 Å². The lowest BCUT2D eigenvalue weighted by atomic mass is 10.0. The van der Waals surface area contributed by atoms with Crippen LogP contribution in [0.15, 0.2) is 0 Å². The van der Waals surface area contributed by atoms with E-state index in [1.165, 1.54) is 11.8 Å². The Labute approximate surface area is 566 Å². The Balaban J connectivity index is 6.30. The van der Waals surface area contributed by atoms with E-state index < -0.39 is 243 Å². The van der Waals surface area contributed by atoms with Gasteiger partial charge in [0, 0.05) is 31.3 Å². The molecule has 15 amide bonds. The van der Waals surface area contributed by atoms with Gasteiger partial charge in [0.05, 0.1) is 38.6 Å². The molecule has 0 aromatic rings. The van der Waals surface area contributed by atoms with Gasteiger partial charge in [0.25, 0.3) is 0 Å². The van der Waals surface area contributed by atoms with Crippen molar-refractivity contribution in [3.05, 3.63) is 0 Å². The van der Waals surface area contributed by atoms with E-state index in [0.29, 0.717) is 6.42 Å². The van der Waals surface area contributed by atoms with Crippen LogP contribution in [0.4, 0.5) is 0 Å². The van der Waals surface area contributed by atoms with Crippen molar-refractivity contribution in [2.75, 3.05) is 49.8 Å². The largest absolute Gasteiger partial charge is 0.481 e. The quantitative estimate of drug-likeness (QED) is 0.0199. The summed E-state index contributed by atoms with van der Waals surface area (Å²) in [4.78, 5) is 231. The number of carboxylic acid groups (broad SMARTS) is 3. The highest BCUT2D eigenvalue weighted by molar-refractivity contribution is 7.98. The molecule has 0 saturated heterocycles. The maximum atomic E-state index is 13.8. The minimum Gasteiger partial charge on any atom is -0.481 e. The third-order valence-corrected chi connectivity index (χ3v) is 14.6. The van der Waals surface area contributed by atoms with Crippen molar-refractivity contribution in [2.24, 2.45) is 23.1 Å². The van der Waals surface area contributed by atoms with Crippen LogP contribution in [0.3, 0.4) is 0 Å². The van der Waals surface area contributed by atoms with E-state index in [4.69, 9.17) is 17.2 Å². The molecule has 0 aliphatic heterocycles. The lowest BCUT2D eigenvalue weighted by Gasteiger charge is -2.28. The summed E-state index contributed by atoms with van der Waals surface area (Å²) in [5.41, 5.74) is 16.3. The fraction of sp³-hybridized carbons (Fsp3) is 0.667. The average Bonchev–Trinajstić information content (AvgIpc) is 0.973. The molecule has 0 aromatic carbocycles. The van der Waals surface area contributed by atoms with Crippen LogP contribution in [0, 0.1) is 5.92 Å². The molecule has 39 nitrogen and oxygen atoms in total. The van der Waals surface area contributed by atoms with Crippen LogP contribution in [0.1, 0.15) is 98.3 Å². The van der Waals surface area contributed by atoms with Crippen molar-refractivity contribution in [1.82, 2.24) is 69.1 Å². The third kappa shape index (κ3) is 35.8. The van der Waals surface area contributed by atoms with Gasteiger partial charge in [-0.25, -0.2) is 0 Å². The molecule has 42 heteroatoms. The summed E-state index contributed by atoms with van der Waals surface area (Å²) in [5.74, 6) is -21.5. The highest BCUT2D eigenvalue weighted by atomic mass is 32.2. The standard InChI is InChI=1S/C54H90N16O23S3/c1-24(2)16-31(44(57)83)66-47(86)29(10-12-41(79)80)65-53(92)36(23-95)62-39(76)20-59-46(85)33(18-42(81)82)68-48(87)30(13-15-96-5)61-38(75)19-58-45(84)28(9-11-40(77)78)64-51(90)34(21-71)69-54(93)43(25(3)72)70-49(88)27(8-6-7-14-55)63-50(89)32(17-37(56)74)67-52(91)35(22-94)60-26(4)73/h24-25,27-36,43,71-72,94-95H,6-23,55H2,1-5H3,(H2,56,74)(H2,57,83)(H,58,84)(H,59,85)(H,60,73)(H,61,75)(H,62,76)(H,63,89)(H,64,90)(H,65,92)(H,66,86)(H,67,91)(H,68,87)(H,69,93)(H,70,88)(H,77,78)(H,79,80)(H,81,82)/t25-,27+,28?,29?,30?,31+,32?,33+,34+,35+,36+,43+/m1/s1. The smallest absolute Gasteiger partial charge is 0.305 e. The first-order valence-electron chi connectivity index (χ1n) is 29.7. The van der Waals surface area contributed by atoms with Crippen molar-refractivity contribution < 1.29 is 112 Å². The molecule has 0 radical (unpaired) electrons. The summed E-state index contributed by atoms with van der Waals surface area (Å²) < 4.78 is 0. The molecule has 0 spiro atoms. The number of unbranched alkanes of at least 4 members (excludes halogenated alkanes) is 1. The zero-order valence-electron chi connectivity index (χ0n) is 53.4. The van der Waals surface area contributed by atoms with Crippen molar-refractivity contribution in [1.29, 1.82) is 0 Å². The van der Waals surface area contributed by atoms with Crippen LogP contribution in [0.2, 0.25) is 0 Å². The number of aliphatic hydroxyl groups excluding tert-OH is 2. The third-order valence-electron chi connectivity index (χ3n) is 13.3. The second kappa shape index (κ2) is 46.5. The van der Waals surface area contributed by atoms with Gasteiger partial charge in [-0.2, -0.15) is 37.0 Å². The van der Waals surface area contributed by atoms with E-state index in [2.05, 4.69) is 94.4 Å². The lowest BCUT2D eigenvalue weighted by molar-refractivity contribution is -0.141. The molecule has 0 aliphatic carbocycles. The van der Waals surface area contributed by atoms with Gasteiger partial charge in [-0.1, -0.05) is 13.8 Å². The molecule has 4 unspecified atom stereocenters. The number of thiol groups is 2. The van der Waals surface area contributed by atoms with Crippen LogP contribution >= 0.6 is 37.0 Å². The predicted molar refractivity (Wildman–Crippen MR) is 344 cm³/mol. The van der Waals surface area contributed by atoms with Crippen LogP contribution in [-0.2, 0) is 86.3 Å².